The van der Waals surface area contributed by atoms with Crippen molar-refractivity contribution in [2.75, 3.05) is 5.32 Å². The Morgan fingerprint density at radius 2 is 2.25 bits per heavy atom. The molecular formula is C15H17N5O2S2. The first kappa shape index (κ1) is 16.7. The largest absolute Gasteiger partial charge is 0.339 e. The van der Waals surface area contributed by atoms with Crippen molar-refractivity contribution in [3.63, 3.8) is 0 Å². The van der Waals surface area contributed by atoms with E-state index in [1.807, 2.05) is 17.5 Å². The molecule has 1 N–H and O–H groups in total. The third kappa shape index (κ3) is 4.45. The molecule has 0 radical (unpaired) electrons. The predicted molar refractivity (Wildman–Crippen MR) is 93.1 cm³/mol. The van der Waals surface area contributed by atoms with Crippen LogP contribution in [0.5, 0.6) is 0 Å². The van der Waals surface area contributed by atoms with E-state index in [-0.39, 0.29) is 12.3 Å². The minimum absolute atomic E-state index is 0.135. The Labute approximate surface area is 147 Å². The van der Waals surface area contributed by atoms with Gasteiger partial charge in [0, 0.05) is 19.3 Å². The van der Waals surface area contributed by atoms with Crippen LogP contribution in [0.25, 0.3) is 10.7 Å². The van der Waals surface area contributed by atoms with Gasteiger partial charge in [0.1, 0.15) is 5.01 Å². The van der Waals surface area contributed by atoms with Crippen molar-refractivity contribution >= 4 is 33.7 Å². The molecular weight excluding hydrogens is 346 g/mol. The number of aryl methyl sites for hydroxylation is 2. The summed E-state index contributed by atoms with van der Waals surface area (Å²) >= 11 is 2.97. The molecule has 0 saturated carbocycles. The first-order valence-corrected chi connectivity index (χ1v) is 9.43. The number of rotatable bonds is 8. The molecule has 0 fully saturated rings. The highest BCUT2D eigenvalue weighted by molar-refractivity contribution is 7.15. The smallest absolute Gasteiger partial charge is 0.227 e. The van der Waals surface area contributed by atoms with Crippen molar-refractivity contribution in [3.05, 3.63) is 28.4 Å². The summed E-state index contributed by atoms with van der Waals surface area (Å²) in [5.74, 6) is 0.878. The van der Waals surface area contributed by atoms with Crippen LogP contribution in [0.4, 0.5) is 5.13 Å². The summed E-state index contributed by atoms with van der Waals surface area (Å²) in [4.78, 5) is 17.2. The quantitative estimate of drug-likeness (QED) is 0.657. The maximum Gasteiger partial charge on any atom is 0.227 e. The normalized spacial score (nSPS) is 10.9. The molecule has 126 valence electrons. The van der Waals surface area contributed by atoms with Crippen molar-refractivity contribution in [1.82, 2.24) is 20.3 Å². The third-order valence-corrected chi connectivity index (χ3v) is 5.00. The summed E-state index contributed by atoms with van der Waals surface area (Å²) in [6.45, 7) is 2.13. The van der Waals surface area contributed by atoms with Gasteiger partial charge in [-0.1, -0.05) is 35.9 Å². The molecule has 7 nitrogen and oxygen atoms in total. The molecule has 3 aromatic rings. The van der Waals surface area contributed by atoms with Gasteiger partial charge in [0.15, 0.2) is 0 Å². The van der Waals surface area contributed by atoms with Crippen molar-refractivity contribution in [1.29, 1.82) is 0 Å². The number of carbonyl (C=O) groups excluding carboxylic acids is 1. The van der Waals surface area contributed by atoms with Crippen LogP contribution in [0, 0.1) is 0 Å². The van der Waals surface area contributed by atoms with E-state index >= 15 is 0 Å². The van der Waals surface area contributed by atoms with Gasteiger partial charge >= 0.3 is 0 Å². The second kappa shape index (κ2) is 8.11. The highest BCUT2D eigenvalue weighted by Crippen LogP contribution is 2.22. The molecule has 24 heavy (non-hydrogen) atoms. The maximum atomic E-state index is 12.0. The Balaban J connectivity index is 1.48. The van der Waals surface area contributed by atoms with E-state index in [9.17, 15) is 4.79 Å². The van der Waals surface area contributed by atoms with Crippen LogP contribution in [-0.4, -0.2) is 26.2 Å². The van der Waals surface area contributed by atoms with Gasteiger partial charge in [-0.05, 0) is 17.9 Å². The molecule has 0 atom stereocenters. The lowest BCUT2D eigenvalue weighted by Crippen LogP contribution is -2.12. The lowest BCUT2D eigenvalue weighted by Gasteiger charge is -1.98. The molecule has 0 aliphatic heterocycles. The number of hydrogen-bond acceptors (Lipinski definition) is 8. The van der Waals surface area contributed by atoms with Crippen LogP contribution in [0.15, 0.2) is 22.0 Å². The van der Waals surface area contributed by atoms with E-state index in [0.29, 0.717) is 23.3 Å². The fraction of sp³-hybridized carbons (Fsp3) is 0.400. The Morgan fingerprint density at radius 3 is 3.04 bits per heavy atom. The van der Waals surface area contributed by atoms with Crippen molar-refractivity contribution in [2.24, 2.45) is 0 Å². The zero-order valence-corrected chi connectivity index (χ0v) is 14.8. The topological polar surface area (TPSA) is 93.8 Å². The molecule has 0 unspecified atom stereocenters. The molecule has 0 aliphatic rings. The molecule has 9 heteroatoms. The molecule has 3 heterocycles. The standard InChI is InChI=1S/C15H17N5O2S2/c1-2-3-6-13-18-19-15(24-13)16-11(21)7-8-12-17-14(20-22-12)10-5-4-9-23-10/h4-5,9H,2-3,6-8H2,1H3,(H,16,19,21). The van der Waals surface area contributed by atoms with Crippen molar-refractivity contribution < 1.29 is 9.32 Å². The van der Waals surface area contributed by atoms with E-state index in [1.165, 1.54) is 11.3 Å². The van der Waals surface area contributed by atoms with Gasteiger partial charge in [-0.25, -0.2) is 0 Å². The lowest BCUT2D eigenvalue weighted by molar-refractivity contribution is -0.116. The van der Waals surface area contributed by atoms with Crippen LogP contribution in [0.2, 0.25) is 0 Å². The number of amides is 1. The summed E-state index contributed by atoms with van der Waals surface area (Å²) in [6, 6.07) is 3.86. The minimum atomic E-state index is -0.135. The summed E-state index contributed by atoms with van der Waals surface area (Å²) in [7, 11) is 0. The SMILES string of the molecule is CCCCc1nnc(NC(=O)CCc2nc(-c3cccs3)no2)s1. The van der Waals surface area contributed by atoms with Gasteiger partial charge in [0.25, 0.3) is 0 Å². The highest BCUT2D eigenvalue weighted by atomic mass is 32.1. The number of hydrogen-bond donors (Lipinski definition) is 1. The first-order chi connectivity index (χ1) is 11.7. The first-order valence-electron chi connectivity index (χ1n) is 7.73. The Kier molecular flexibility index (Phi) is 5.65. The van der Waals surface area contributed by atoms with Gasteiger partial charge in [-0.15, -0.1) is 21.5 Å². The van der Waals surface area contributed by atoms with Gasteiger partial charge in [-0.3, -0.25) is 4.79 Å². The van der Waals surface area contributed by atoms with Gasteiger partial charge in [-0.2, -0.15) is 4.98 Å². The van der Waals surface area contributed by atoms with Crippen LogP contribution < -0.4 is 5.32 Å². The van der Waals surface area contributed by atoms with E-state index in [1.54, 1.807) is 11.3 Å². The predicted octanol–water partition coefficient (Wildman–Crippen LogP) is 3.56. The van der Waals surface area contributed by atoms with Gasteiger partial charge < -0.3 is 9.84 Å². The monoisotopic (exact) mass is 363 g/mol. The van der Waals surface area contributed by atoms with Gasteiger partial charge in [0.05, 0.1) is 4.88 Å². The number of thiophene rings is 1. The highest BCUT2D eigenvalue weighted by Gasteiger charge is 2.12. The number of carbonyl (C=O) groups is 1. The number of anilines is 1. The average Bonchev–Trinajstić information content (AvgIpc) is 3.31. The zero-order valence-electron chi connectivity index (χ0n) is 13.2. The molecule has 3 rings (SSSR count). The van der Waals surface area contributed by atoms with Crippen LogP contribution in [0.1, 0.15) is 37.1 Å². The maximum absolute atomic E-state index is 12.0. The second-order valence-electron chi connectivity index (χ2n) is 5.14. The Hall–Kier alpha value is -2.13. The number of nitrogens with one attached hydrogen (secondary N) is 1. The minimum Gasteiger partial charge on any atom is -0.339 e. The van der Waals surface area contributed by atoms with Crippen LogP contribution in [0.3, 0.4) is 0 Å². The summed E-state index contributed by atoms with van der Waals surface area (Å²) in [5.41, 5.74) is 0. The summed E-state index contributed by atoms with van der Waals surface area (Å²) in [6.07, 6.45) is 3.74. The van der Waals surface area contributed by atoms with Gasteiger partial charge in [0.2, 0.25) is 22.8 Å². The number of nitrogens with zero attached hydrogens (tertiary/aromatic N) is 4. The Morgan fingerprint density at radius 1 is 1.33 bits per heavy atom. The fourth-order valence-electron chi connectivity index (χ4n) is 2.00. The summed E-state index contributed by atoms with van der Waals surface area (Å²) in [5, 5.41) is 18.2. The lowest BCUT2D eigenvalue weighted by atomic mass is 10.3. The fourth-order valence-corrected chi connectivity index (χ4v) is 3.44. The Bertz CT molecular complexity index is 782. The van der Waals surface area contributed by atoms with Crippen molar-refractivity contribution in [2.45, 2.75) is 39.0 Å². The second-order valence-corrected chi connectivity index (χ2v) is 7.15. The average molecular weight is 363 g/mol. The van der Waals surface area contributed by atoms with E-state index in [4.69, 9.17) is 4.52 Å². The molecule has 0 spiro atoms. The molecule has 1 amide bonds. The van der Waals surface area contributed by atoms with E-state index < -0.39 is 0 Å². The number of aromatic nitrogens is 4. The molecule has 0 aliphatic carbocycles. The van der Waals surface area contributed by atoms with Crippen LogP contribution in [-0.2, 0) is 17.6 Å². The van der Waals surface area contributed by atoms with Crippen molar-refractivity contribution in [3.8, 4) is 10.7 Å². The van der Waals surface area contributed by atoms with E-state index in [0.717, 1.165) is 29.1 Å². The molecule has 0 bridgehead atoms. The number of unbranched alkanes of at least 4 members (excludes halogenated alkanes) is 1. The van der Waals surface area contributed by atoms with Crippen LogP contribution >= 0.6 is 22.7 Å². The van der Waals surface area contributed by atoms with E-state index in [2.05, 4.69) is 32.6 Å². The zero-order chi connectivity index (χ0) is 16.8. The molecule has 0 saturated heterocycles. The molecule has 0 aromatic carbocycles. The third-order valence-electron chi connectivity index (χ3n) is 3.23. The molecule has 3 aromatic heterocycles. The summed E-state index contributed by atoms with van der Waals surface area (Å²) < 4.78 is 5.18.